The van der Waals surface area contributed by atoms with E-state index in [2.05, 4.69) is 0 Å². The molecule has 19 heavy (non-hydrogen) atoms. The van der Waals surface area contributed by atoms with Crippen molar-refractivity contribution in [3.8, 4) is 5.75 Å². The van der Waals surface area contributed by atoms with Crippen molar-refractivity contribution in [2.75, 3.05) is 25.4 Å². The molecule has 0 aromatic heterocycles. The SMILES string of the molecule is CCOc1ccc(C(=O)N2CC(O)(CC)C2)cc1N. The third-order valence-electron chi connectivity index (χ3n) is 3.47. The normalized spacial score (nSPS) is 16.9. The molecule has 1 aliphatic rings. The molecule has 1 aliphatic heterocycles. The molecule has 3 N–H and O–H groups in total. The predicted molar refractivity (Wildman–Crippen MR) is 73.2 cm³/mol. The molecular weight excluding hydrogens is 244 g/mol. The second-order valence-corrected chi connectivity index (χ2v) is 4.92. The van der Waals surface area contributed by atoms with Crippen molar-refractivity contribution in [2.24, 2.45) is 0 Å². The monoisotopic (exact) mass is 264 g/mol. The number of β-amino-alcohol motifs (C(OH)–C–C–N with tert-alkyl or cyclic N) is 1. The van der Waals surface area contributed by atoms with E-state index < -0.39 is 5.60 Å². The summed E-state index contributed by atoms with van der Waals surface area (Å²) >= 11 is 0. The number of hydrogen-bond donors (Lipinski definition) is 2. The minimum Gasteiger partial charge on any atom is -0.492 e. The van der Waals surface area contributed by atoms with Crippen molar-refractivity contribution >= 4 is 11.6 Å². The highest BCUT2D eigenvalue weighted by Gasteiger charge is 2.42. The standard InChI is InChI=1S/C14H20N2O3/c1-3-14(18)8-16(9-14)13(17)10-5-6-12(19-4-2)11(15)7-10/h5-7,18H,3-4,8-9,15H2,1-2H3. The van der Waals surface area contributed by atoms with Crippen LogP contribution in [0.15, 0.2) is 18.2 Å². The van der Waals surface area contributed by atoms with Gasteiger partial charge in [-0.3, -0.25) is 4.79 Å². The Kier molecular flexibility index (Phi) is 3.66. The summed E-state index contributed by atoms with van der Waals surface area (Å²) < 4.78 is 5.33. The van der Waals surface area contributed by atoms with Crippen LogP contribution in [0.1, 0.15) is 30.6 Å². The fourth-order valence-electron chi connectivity index (χ4n) is 2.18. The fourth-order valence-corrected chi connectivity index (χ4v) is 2.18. The lowest BCUT2D eigenvalue weighted by Gasteiger charge is -2.46. The number of amides is 1. The van der Waals surface area contributed by atoms with Gasteiger partial charge in [0.1, 0.15) is 5.75 Å². The second-order valence-electron chi connectivity index (χ2n) is 4.92. The largest absolute Gasteiger partial charge is 0.492 e. The second kappa shape index (κ2) is 5.09. The van der Waals surface area contributed by atoms with Crippen LogP contribution in [-0.4, -0.2) is 41.2 Å². The van der Waals surface area contributed by atoms with Crippen LogP contribution in [0.2, 0.25) is 0 Å². The molecule has 0 unspecified atom stereocenters. The first-order valence-electron chi connectivity index (χ1n) is 6.53. The highest BCUT2D eigenvalue weighted by atomic mass is 16.5. The zero-order valence-electron chi connectivity index (χ0n) is 11.3. The van der Waals surface area contributed by atoms with E-state index in [-0.39, 0.29) is 5.91 Å². The quantitative estimate of drug-likeness (QED) is 0.803. The zero-order valence-corrected chi connectivity index (χ0v) is 11.3. The van der Waals surface area contributed by atoms with E-state index in [0.29, 0.717) is 43.1 Å². The Morgan fingerprint density at radius 2 is 2.16 bits per heavy atom. The number of hydrogen-bond acceptors (Lipinski definition) is 4. The first-order valence-corrected chi connectivity index (χ1v) is 6.53. The number of aliphatic hydroxyl groups is 1. The molecule has 0 bridgehead atoms. The van der Waals surface area contributed by atoms with Crippen molar-refractivity contribution < 1.29 is 14.6 Å². The zero-order chi connectivity index (χ0) is 14.0. The van der Waals surface area contributed by atoms with Crippen molar-refractivity contribution in [1.29, 1.82) is 0 Å². The Morgan fingerprint density at radius 1 is 1.47 bits per heavy atom. The molecule has 1 aromatic carbocycles. The topological polar surface area (TPSA) is 75.8 Å². The van der Waals surface area contributed by atoms with Gasteiger partial charge in [-0.25, -0.2) is 0 Å². The Bertz CT molecular complexity index is 482. The van der Waals surface area contributed by atoms with Crippen molar-refractivity contribution in [3.05, 3.63) is 23.8 Å². The molecule has 0 saturated carbocycles. The number of carbonyl (C=O) groups excluding carboxylic acids is 1. The number of nitrogens with zero attached hydrogens (tertiary/aromatic N) is 1. The maximum atomic E-state index is 12.2. The summed E-state index contributed by atoms with van der Waals surface area (Å²) in [5.74, 6) is 0.487. The number of ether oxygens (including phenoxy) is 1. The van der Waals surface area contributed by atoms with Gasteiger partial charge in [0.2, 0.25) is 0 Å². The van der Waals surface area contributed by atoms with Gasteiger partial charge >= 0.3 is 0 Å². The summed E-state index contributed by atoms with van der Waals surface area (Å²) in [6.45, 7) is 5.10. The van der Waals surface area contributed by atoms with Crippen LogP contribution in [0.3, 0.4) is 0 Å². The van der Waals surface area contributed by atoms with E-state index in [9.17, 15) is 9.90 Å². The van der Waals surface area contributed by atoms with E-state index in [1.165, 1.54) is 0 Å². The summed E-state index contributed by atoms with van der Waals surface area (Å²) in [5.41, 5.74) is 6.11. The Balaban J connectivity index is 2.07. The average molecular weight is 264 g/mol. The molecule has 0 aliphatic carbocycles. The van der Waals surface area contributed by atoms with Gasteiger partial charge in [0.25, 0.3) is 5.91 Å². The first-order chi connectivity index (χ1) is 8.99. The predicted octanol–water partition coefficient (Wildman–Crippen LogP) is 1.26. The smallest absolute Gasteiger partial charge is 0.254 e. The molecule has 1 heterocycles. The van der Waals surface area contributed by atoms with E-state index in [4.69, 9.17) is 10.5 Å². The summed E-state index contributed by atoms with van der Waals surface area (Å²) in [6.07, 6.45) is 0.655. The van der Waals surface area contributed by atoms with Gasteiger partial charge in [0, 0.05) is 5.56 Å². The van der Waals surface area contributed by atoms with Crippen molar-refractivity contribution in [3.63, 3.8) is 0 Å². The van der Waals surface area contributed by atoms with Crippen LogP contribution >= 0.6 is 0 Å². The van der Waals surface area contributed by atoms with Crippen LogP contribution in [-0.2, 0) is 0 Å². The summed E-state index contributed by atoms with van der Waals surface area (Å²) in [4.78, 5) is 13.8. The molecule has 2 rings (SSSR count). The van der Waals surface area contributed by atoms with Gasteiger partial charge in [-0.05, 0) is 31.5 Å². The molecular formula is C14H20N2O3. The van der Waals surface area contributed by atoms with E-state index in [1.807, 2.05) is 13.8 Å². The number of rotatable bonds is 4. The number of nitrogen functional groups attached to an aromatic ring is 1. The molecule has 0 spiro atoms. The molecule has 1 amide bonds. The maximum absolute atomic E-state index is 12.2. The molecule has 1 aromatic rings. The van der Waals surface area contributed by atoms with Crippen molar-refractivity contribution in [2.45, 2.75) is 25.9 Å². The number of likely N-dealkylation sites (tertiary alicyclic amines) is 1. The molecule has 5 nitrogen and oxygen atoms in total. The Labute approximate surface area is 113 Å². The minimum atomic E-state index is -0.716. The van der Waals surface area contributed by atoms with Crippen LogP contribution in [0.4, 0.5) is 5.69 Å². The van der Waals surface area contributed by atoms with Gasteiger partial charge in [-0.15, -0.1) is 0 Å². The Hall–Kier alpha value is -1.75. The number of benzene rings is 1. The molecule has 1 saturated heterocycles. The fraction of sp³-hybridized carbons (Fsp3) is 0.500. The minimum absolute atomic E-state index is 0.104. The molecule has 0 atom stereocenters. The van der Waals surface area contributed by atoms with Crippen LogP contribution in [0.25, 0.3) is 0 Å². The average Bonchev–Trinajstić information content (AvgIpc) is 2.37. The summed E-state index contributed by atoms with van der Waals surface area (Å²) in [6, 6.07) is 5.03. The van der Waals surface area contributed by atoms with E-state index in [1.54, 1.807) is 23.1 Å². The summed E-state index contributed by atoms with van der Waals surface area (Å²) in [5, 5.41) is 9.92. The van der Waals surface area contributed by atoms with Gasteiger partial charge < -0.3 is 20.5 Å². The van der Waals surface area contributed by atoms with Crippen LogP contribution in [0, 0.1) is 0 Å². The van der Waals surface area contributed by atoms with Crippen LogP contribution in [0.5, 0.6) is 5.75 Å². The maximum Gasteiger partial charge on any atom is 0.254 e. The number of carbonyl (C=O) groups is 1. The molecule has 1 fully saturated rings. The lowest BCUT2D eigenvalue weighted by Crippen LogP contribution is -2.63. The molecule has 104 valence electrons. The van der Waals surface area contributed by atoms with Crippen LogP contribution < -0.4 is 10.5 Å². The highest BCUT2D eigenvalue weighted by Crippen LogP contribution is 2.28. The molecule has 5 heteroatoms. The number of nitrogens with two attached hydrogens (primary N) is 1. The Morgan fingerprint density at radius 3 is 2.68 bits per heavy atom. The van der Waals surface area contributed by atoms with Gasteiger partial charge in [0.15, 0.2) is 0 Å². The lowest BCUT2D eigenvalue weighted by molar-refractivity contribution is -0.0826. The third kappa shape index (κ3) is 2.66. The summed E-state index contributed by atoms with van der Waals surface area (Å²) in [7, 11) is 0. The third-order valence-corrected chi connectivity index (χ3v) is 3.47. The van der Waals surface area contributed by atoms with Gasteiger partial charge in [-0.1, -0.05) is 6.92 Å². The molecule has 0 radical (unpaired) electrons. The first kappa shape index (κ1) is 13.7. The van der Waals surface area contributed by atoms with Crippen molar-refractivity contribution in [1.82, 2.24) is 4.90 Å². The highest BCUT2D eigenvalue weighted by molar-refractivity contribution is 5.96. The van der Waals surface area contributed by atoms with E-state index in [0.717, 1.165) is 0 Å². The number of anilines is 1. The van der Waals surface area contributed by atoms with Gasteiger partial charge in [0.05, 0.1) is 31.0 Å². The lowest BCUT2D eigenvalue weighted by atomic mass is 9.90. The van der Waals surface area contributed by atoms with Gasteiger partial charge in [-0.2, -0.15) is 0 Å². The van der Waals surface area contributed by atoms with E-state index >= 15 is 0 Å².